The van der Waals surface area contributed by atoms with E-state index in [4.69, 9.17) is 9.15 Å². The van der Waals surface area contributed by atoms with E-state index in [-0.39, 0.29) is 17.8 Å². The molecule has 2 aromatic rings. The molecule has 0 spiro atoms. The molecule has 0 amide bonds. The molecule has 25 heavy (non-hydrogen) atoms. The number of carbonyl (C=O) groups excluding carboxylic acids is 1. The minimum atomic E-state index is -0.179. The standard InChI is InChI=1S/C19H25N3O3/c1-14(2)18-20-21-19(25-18)16-8-10-22(11-9-16)12-17(23)24-13-15-6-4-3-5-7-15/h3-7,14,16H,8-13H2,1-2H3. The van der Waals surface area contributed by atoms with Gasteiger partial charge in [0.1, 0.15) is 6.61 Å². The molecule has 6 heteroatoms. The zero-order chi connectivity index (χ0) is 17.6. The first-order chi connectivity index (χ1) is 12.1. The summed E-state index contributed by atoms with van der Waals surface area (Å²) in [6, 6.07) is 9.73. The van der Waals surface area contributed by atoms with Crippen molar-refractivity contribution in [3.63, 3.8) is 0 Å². The molecule has 0 radical (unpaired) electrons. The van der Waals surface area contributed by atoms with E-state index in [2.05, 4.69) is 15.1 Å². The van der Waals surface area contributed by atoms with Gasteiger partial charge in [0, 0.05) is 11.8 Å². The van der Waals surface area contributed by atoms with Crippen LogP contribution in [0.3, 0.4) is 0 Å². The summed E-state index contributed by atoms with van der Waals surface area (Å²) in [6.07, 6.45) is 1.84. The number of esters is 1. The summed E-state index contributed by atoms with van der Waals surface area (Å²) < 4.78 is 11.1. The fourth-order valence-electron chi connectivity index (χ4n) is 2.95. The Morgan fingerprint density at radius 1 is 1.24 bits per heavy atom. The number of benzene rings is 1. The quantitative estimate of drug-likeness (QED) is 0.751. The third kappa shape index (κ3) is 4.89. The maximum absolute atomic E-state index is 12.0. The number of hydrogen-bond acceptors (Lipinski definition) is 6. The summed E-state index contributed by atoms with van der Waals surface area (Å²) in [7, 11) is 0. The van der Waals surface area contributed by atoms with Gasteiger partial charge in [-0.25, -0.2) is 0 Å². The molecule has 0 unspecified atom stereocenters. The van der Waals surface area contributed by atoms with Crippen LogP contribution in [0, 0.1) is 0 Å². The Morgan fingerprint density at radius 3 is 2.60 bits per heavy atom. The molecule has 1 aromatic heterocycles. The molecule has 2 heterocycles. The van der Waals surface area contributed by atoms with Gasteiger partial charge >= 0.3 is 5.97 Å². The van der Waals surface area contributed by atoms with E-state index >= 15 is 0 Å². The van der Waals surface area contributed by atoms with Crippen molar-refractivity contribution >= 4 is 5.97 Å². The van der Waals surface area contributed by atoms with Gasteiger partial charge in [-0.05, 0) is 31.5 Å². The molecule has 0 N–H and O–H groups in total. The molecular weight excluding hydrogens is 318 g/mol. The molecule has 1 saturated heterocycles. The van der Waals surface area contributed by atoms with Gasteiger partial charge in [-0.15, -0.1) is 10.2 Å². The first-order valence-corrected chi connectivity index (χ1v) is 8.87. The molecule has 0 atom stereocenters. The molecular formula is C19H25N3O3. The van der Waals surface area contributed by atoms with Crippen LogP contribution in [0.1, 0.15) is 55.9 Å². The average molecular weight is 343 g/mol. The molecule has 0 aliphatic carbocycles. The zero-order valence-corrected chi connectivity index (χ0v) is 14.9. The van der Waals surface area contributed by atoms with Crippen LogP contribution in [0.2, 0.25) is 0 Å². The predicted octanol–water partition coefficient (Wildman–Crippen LogP) is 3.12. The van der Waals surface area contributed by atoms with Gasteiger partial charge in [-0.2, -0.15) is 0 Å². The lowest BCUT2D eigenvalue weighted by Crippen LogP contribution is -2.37. The second-order valence-electron chi connectivity index (χ2n) is 6.83. The van der Waals surface area contributed by atoms with Crippen LogP contribution in [-0.4, -0.2) is 40.7 Å². The Labute approximate surface area is 148 Å². The van der Waals surface area contributed by atoms with Crippen molar-refractivity contribution in [2.24, 2.45) is 0 Å². The van der Waals surface area contributed by atoms with Crippen LogP contribution in [0.5, 0.6) is 0 Å². The van der Waals surface area contributed by atoms with Crippen molar-refractivity contribution in [2.45, 2.75) is 45.1 Å². The summed E-state index contributed by atoms with van der Waals surface area (Å²) in [5, 5.41) is 8.29. The minimum absolute atomic E-state index is 0.179. The van der Waals surface area contributed by atoms with Crippen LogP contribution in [0.15, 0.2) is 34.7 Å². The summed E-state index contributed by atoms with van der Waals surface area (Å²) in [4.78, 5) is 14.1. The topological polar surface area (TPSA) is 68.5 Å². The highest BCUT2D eigenvalue weighted by Gasteiger charge is 2.26. The number of piperidine rings is 1. The maximum Gasteiger partial charge on any atom is 0.320 e. The fourth-order valence-corrected chi connectivity index (χ4v) is 2.95. The number of rotatable bonds is 6. The molecule has 1 aliphatic rings. The number of carbonyl (C=O) groups is 1. The van der Waals surface area contributed by atoms with Gasteiger partial charge < -0.3 is 9.15 Å². The van der Waals surface area contributed by atoms with Gasteiger partial charge in [0.2, 0.25) is 11.8 Å². The van der Waals surface area contributed by atoms with E-state index in [1.165, 1.54) is 0 Å². The number of ether oxygens (including phenoxy) is 1. The first-order valence-electron chi connectivity index (χ1n) is 8.87. The number of nitrogens with zero attached hydrogens (tertiary/aromatic N) is 3. The number of hydrogen-bond donors (Lipinski definition) is 0. The Balaban J connectivity index is 1.42. The Hall–Kier alpha value is -2.21. The fraction of sp³-hybridized carbons (Fsp3) is 0.526. The van der Waals surface area contributed by atoms with Gasteiger partial charge in [0.05, 0.1) is 6.54 Å². The summed E-state index contributed by atoms with van der Waals surface area (Å²) in [5.41, 5.74) is 1.01. The lowest BCUT2D eigenvalue weighted by molar-refractivity contribution is -0.146. The van der Waals surface area contributed by atoms with Gasteiger partial charge in [-0.3, -0.25) is 9.69 Å². The lowest BCUT2D eigenvalue weighted by Gasteiger charge is -2.29. The Kier molecular flexibility index (Phi) is 5.81. The Morgan fingerprint density at radius 2 is 1.96 bits per heavy atom. The van der Waals surface area contributed by atoms with Crippen molar-refractivity contribution < 1.29 is 13.9 Å². The van der Waals surface area contributed by atoms with Crippen molar-refractivity contribution in [2.75, 3.05) is 19.6 Å². The van der Waals surface area contributed by atoms with E-state index in [9.17, 15) is 4.79 Å². The predicted molar refractivity (Wildman–Crippen MR) is 93.0 cm³/mol. The van der Waals surface area contributed by atoms with Crippen LogP contribution < -0.4 is 0 Å². The van der Waals surface area contributed by atoms with E-state index < -0.39 is 0 Å². The molecule has 0 bridgehead atoms. The smallest absolute Gasteiger partial charge is 0.320 e. The first kappa shape index (κ1) is 17.6. The normalized spacial score (nSPS) is 16.3. The second kappa shape index (κ2) is 8.25. The zero-order valence-electron chi connectivity index (χ0n) is 14.9. The van der Waals surface area contributed by atoms with Crippen LogP contribution in [0.25, 0.3) is 0 Å². The van der Waals surface area contributed by atoms with E-state index in [1.54, 1.807) is 0 Å². The van der Waals surface area contributed by atoms with E-state index in [1.807, 2.05) is 44.2 Å². The van der Waals surface area contributed by atoms with Crippen LogP contribution in [0.4, 0.5) is 0 Å². The molecule has 134 valence electrons. The molecule has 3 rings (SSSR count). The van der Waals surface area contributed by atoms with E-state index in [0.29, 0.717) is 19.0 Å². The maximum atomic E-state index is 12.0. The Bertz CT molecular complexity index is 676. The van der Waals surface area contributed by atoms with Gasteiger partial charge in [0.25, 0.3) is 0 Å². The highest BCUT2D eigenvalue weighted by molar-refractivity contribution is 5.71. The number of likely N-dealkylation sites (tertiary alicyclic amines) is 1. The molecule has 6 nitrogen and oxygen atoms in total. The summed E-state index contributed by atoms with van der Waals surface area (Å²) in [6.45, 7) is 6.42. The average Bonchev–Trinajstić information content (AvgIpc) is 3.12. The second-order valence-corrected chi connectivity index (χ2v) is 6.83. The van der Waals surface area contributed by atoms with Crippen molar-refractivity contribution in [1.82, 2.24) is 15.1 Å². The number of aromatic nitrogens is 2. The molecule has 1 aromatic carbocycles. The SMILES string of the molecule is CC(C)c1nnc(C2CCN(CC(=O)OCc3ccccc3)CC2)o1. The molecule has 1 aliphatic heterocycles. The van der Waals surface area contributed by atoms with Crippen molar-refractivity contribution in [3.05, 3.63) is 47.7 Å². The summed E-state index contributed by atoms with van der Waals surface area (Å²) >= 11 is 0. The third-order valence-electron chi connectivity index (χ3n) is 4.48. The van der Waals surface area contributed by atoms with Crippen molar-refractivity contribution in [1.29, 1.82) is 0 Å². The van der Waals surface area contributed by atoms with E-state index in [0.717, 1.165) is 37.4 Å². The monoisotopic (exact) mass is 343 g/mol. The highest BCUT2D eigenvalue weighted by Crippen LogP contribution is 2.28. The lowest BCUT2D eigenvalue weighted by atomic mass is 9.97. The van der Waals surface area contributed by atoms with Crippen LogP contribution >= 0.6 is 0 Å². The molecule has 0 saturated carbocycles. The van der Waals surface area contributed by atoms with Gasteiger partial charge in [-0.1, -0.05) is 44.2 Å². The van der Waals surface area contributed by atoms with Crippen molar-refractivity contribution in [3.8, 4) is 0 Å². The summed E-state index contributed by atoms with van der Waals surface area (Å²) in [5.74, 6) is 1.79. The van der Waals surface area contributed by atoms with Crippen LogP contribution in [-0.2, 0) is 16.1 Å². The third-order valence-corrected chi connectivity index (χ3v) is 4.48. The largest absolute Gasteiger partial charge is 0.460 e. The molecule has 1 fully saturated rings. The highest BCUT2D eigenvalue weighted by atomic mass is 16.5. The minimum Gasteiger partial charge on any atom is -0.460 e. The van der Waals surface area contributed by atoms with Gasteiger partial charge in [0.15, 0.2) is 0 Å².